The van der Waals surface area contributed by atoms with Crippen LogP contribution in [0.1, 0.15) is 0 Å². The number of carbonyl (C=O) groups excluding carboxylic acids is 1. The van der Waals surface area contributed by atoms with Gasteiger partial charge in [-0.1, -0.05) is 36.4 Å². The van der Waals surface area contributed by atoms with Crippen molar-refractivity contribution in [1.29, 1.82) is 0 Å². The molecule has 4 aromatic rings. The van der Waals surface area contributed by atoms with Gasteiger partial charge in [0.25, 0.3) is 5.91 Å². The molecule has 0 aliphatic rings. The lowest BCUT2D eigenvalue weighted by atomic mass is 10.1. The number of hydrogen-bond donors (Lipinski definition) is 3. The Morgan fingerprint density at radius 1 is 1.10 bits per heavy atom. The number of nitrogens with zero attached hydrogens (tertiary/aromatic N) is 2. The van der Waals surface area contributed by atoms with Crippen LogP contribution in [0.3, 0.4) is 0 Å². The van der Waals surface area contributed by atoms with Crippen molar-refractivity contribution in [3.05, 3.63) is 73.2 Å². The summed E-state index contributed by atoms with van der Waals surface area (Å²) in [4.78, 5) is 12.1. The van der Waals surface area contributed by atoms with Crippen molar-refractivity contribution in [1.82, 2.24) is 20.1 Å². The number of aromatic amines is 1. The molecular weight excluding hydrogens is 368 g/mol. The molecule has 0 aliphatic heterocycles. The van der Waals surface area contributed by atoms with E-state index < -0.39 is 6.10 Å². The molecule has 0 bridgehead atoms. The van der Waals surface area contributed by atoms with E-state index in [0.717, 1.165) is 22.0 Å². The zero-order chi connectivity index (χ0) is 20.1. The average molecular weight is 390 g/mol. The third-order valence-corrected chi connectivity index (χ3v) is 4.58. The van der Waals surface area contributed by atoms with E-state index in [1.54, 1.807) is 12.3 Å². The molecule has 0 fully saturated rings. The van der Waals surface area contributed by atoms with E-state index in [1.807, 2.05) is 65.5 Å². The summed E-state index contributed by atoms with van der Waals surface area (Å²) in [5, 5.41) is 22.1. The second-order valence-corrected chi connectivity index (χ2v) is 6.79. The lowest BCUT2D eigenvalue weighted by Crippen LogP contribution is -2.36. The summed E-state index contributed by atoms with van der Waals surface area (Å²) in [7, 11) is 0. The Morgan fingerprint density at radius 3 is 2.55 bits per heavy atom. The fourth-order valence-electron chi connectivity index (χ4n) is 3.19. The predicted molar refractivity (Wildman–Crippen MR) is 110 cm³/mol. The van der Waals surface area contributed by atoms with Gasteiger partial charge in [0, 0.05) is 37.2 Å². The topological polar surface area (TPSA) is 92.2 Å². The maximum Gasteiger partial charge on any atom is 0.258 e. The SMILES string of the molecule is O=C(COc1ccccc1-c1cc[nH]n1)NCC(O)Cn1cc2ccccc2c1. The molecule has 1 atom stereocenters. The molecule has 2 aromatic heterocycles. The lowest BCUT2D eigenvalue weighted by Gasteiger charge is -2.14. The van der Waals surface area contributed by atoms with E-state index in [2.05, 4.69) is 15.5 Å². The van der Waals surface area contributed by atoms with Crippen molar-refractivity contribution in [3.63, 3.8) is 0 Å². The van der Waals surface area contributed by atoms with Gasteiger partial charge < -0.3 is 19.7 Å². The Hall–Kier alpha value is -3.58. The van der Waals surface area contributed by atoms with E-state index >= 15 is 0 Å². The Morgan fingerprint density at radius 2 is 1.83 bits per heavy atom. The third kappa shape index (κ3) is 4.64. The summed E-state index contributed by atoms with van der Waals surface area (Å²) in [5.74, 6) is 0.285. The summed E-state index contributed by atoms with van der Waals surface area (Å²) in [6.07, 6.45) is 5.00. The number of para-hydroxylation sites is 1. The van der Waals surface area contributed by atoms with Crippen molar-refractivity contribution in [2.45, 2.75) is 12.6 Å². The van der Waals surface area contributed by atoms with Gasteiger partial charge in [-0.3, -0.25) is 9.89 Å². The third-order valence-electron chi connectivity index (χ3n) is 4.58. The summed E-state index contributed by atoms with van der Waals surface area (Å²) in [6, 6.07) is 17.3. The Balaban J connectivity index is 1.27. The average Bonchev–Trinajstić information content (AvgIpc) is 3.40. The molecule has 1 unspecified atom stereocenters. The van der Waals surface area contributed by atoms with E-state index in [9.17, 15) is 9.90 Å². The molecular formula is C22H22N4O3. The number of fused-ring (bicyclic) bond motifs is 1. The number of ether oxygens (including phenoxy) is 1. The van der Waals surface area contributed by atoms with Gasteiger partial charge in [0.1, 0.15) is 5.75 Å². The molecule has 4 rings (SSSR count). The molecule has 0 spiro atoms. The first-order chi connectivity index (χ1) is 14.2. The van der Waals surface area contributed by atoms with Crippen LogP contribution in [-0.4, -0.2) is 45.0 Å². The van der Waals surface area contributed by atoms with Crippen LogP contribution in [-0.2, 0) is 11.3 Å². The van der Waals surface area contributed by atoms with Gasteiger partial charge in [-0.25, -0.2) is 0 Å². The molecule has 29 heavy (non-hydrogen) atoms. The number of H-pyrrole nitrogens is 1. The van der Waals surface area contributed by atoms with Gasteiger partial charge in [-0.05, 0) is 29.0 Å². The van der Waals surface area contributed by atoms with E-state index in [-0.39, 0.29) is 19.1 Å². The molecule has 148 valence electrons. The highest BCUT2D eigenvalue weighted by molar-refractivity contribution is 5.82. The van der Waals surface area contributed by atoms with Crippen LogP contribution in [0.2, 0.25) is 0 Å². The molecule has 0 aliphatic carbocycles. The van der Waals surface area contributed by atoms with Gasteiger partial charge in [-0.15, -0.1) is 0 Å². The molecule has 3 N–H and O–H groups in total. The number of benzene rings is 2. The van der Waals surface area contributed by atoms with Crippen molar-refractivity contribution >= 4 is 16.7 Å². The van der Waals surface area contributed by atoms with Crippen molar-refractivity contribution in [2.24, 2.45) is 0 Å². The Labute approximate surface area is 167 Å². The quantitative estimate of drug-likeness (QED) is 0.431. The van der Waals surface area contributed by atoms with Crippen LogP contribution in [0.15, 0.2) is 73.2 Å². The second-order valence-electron chi connectivity index (χ2n) is 6.79. The highest BCUT2D eigenvalue weighted by atomic mass is 16.5. The summed E-state index contributed by atoms with van der Waals surface area (Å²) >= 11 is 0. The van der Waals surface area contributed by atoms with Gasteiger partial charge >= 0.3 is 0 Å². The first-order valence-electron chi connectivity index (χ1n) is 9.40. The fraction of sp³-hybridized carbons (Fsp3) is 0.182. The first kappa shape index (κ1) is 18.8. The monoisotopic (exact) mass is 390 g/mol. The van der Waals surface area contributed by atoms with E-state index in [0.29, 0.717) is 12.3 Å². The number of amides is 1. The number of rotatable bonds is 8. The van der Waals surface area contributed by atoms with Crippen LogP contribution in [0.5, 0.6) is 5.75 Å². The largest absolute Gasteiger partial charge is 0.483 e. The normalized spacial score (nSPS) is 12.0. The van der Waals surface area contributed by atoms with Crippen LogP contribution in [0.4, 0.5) is 0 Å². The van der Waals surface area contributed by atoms with Crippen LogP contribution < -0.4 is 10.1 Å². The second kappa shape index (κ2) is 8.62. The first-order valence-corrected chi connectivity index (χ1v) is 9.40. The number of aromatic nitrogens is 3. The summed E-state index contributed by atoms with van der Waals surface area (Å²) < 4.78 is 7.59. The minimum absolute atomic E-state index is 0.137. The Kier molecular flexibility index (Phi) is 5.58. The minimum atomic E-state index is -0.697. The van der Waals surface area contributed by atoms with Gasteiger partial charge in [0.05, 0.1) is 11.8 Å². The summed E-state index contributed by atoms with van der Waals surface area (Å²) in [6.45, 7) is 0.414. The van der Waals surface area contributed by atoms with Gasteiger partial charge in [0.2, 0.25) is 0 Å². The standard InChI is InChI=1S/C22H22N4O3/c27-18(14-26-12-16-5-1-2-6-17(16)13-26)11-23-22(28)15-29-21-8-4-3-7-19(21)20-9-10-24-25-20/h1-10,12-13,18,27H,11,14-15H2,(H,23,28)(H,24,25). The minimum Gasteiger partial charge on any atom is -0.483 e. The molecule has 7 heteroatoms. The van der Waals surface area contributed by atoms with E-state index in [4.69, 9.17) is 4.74 Å². The van der Waals surface area contributed by atoms with E-state index in [1.165, 1.54) is 0 Å². The number of aliphatic hydroxyl groups excluding tert-OH is 1. The van der Waals surface area contributed by atoms with Crippen LogP contribution >= 0.6 is 0 Å². The van der Waals surface area contributed by atoms with Crippen molar-refractivity contribution in [3.8, 4) is 17.0 Å². The van der Waals surface area contributed by atoms with Crippen molar-refractivity contribution < 1.29 is 14.6 Å². The number of nitrogens with one attached hydrogen (secondary N) is 2. The highest BCUT2D eigenvalue weighted by Crippen LogP contribution is 2.27. The van der Waals surface area contributed by atoms with Gasteiger partial charge in [-0.2, -0.15) is 5.10 Å². The maximum atomic E-state index is 12.1. The predicted octanol–water partition coefficient (Wildman–Crippen LogP) is 2.59. The smallest absolute Gasteiger partial charge is 0.258 e. The maximum absolute atomic E-state index is 12.1. The van der Waals surface area contributed by atoms with Crippen molar-refractivity contribution in [2.75, 3.05) is 13.2 Å². The number of hydrogen-bond acceptors (Lipinski definition) is 4. The number of aliphatic hydroxyl groups is 1. The zero-order valence-electron chi connectivity index (χ0n) is 15.8. The van der Waals surface area contributed by atoms with Crippen LogP contribution in [0, 0.1) is 0 Å². The molecule has 7 nitrogen and oxygen atoms in total. The molecule has 0 saturated carbocycles. The van der Waals surface area contributed by atoms with Crippen LogP contribution in [0.25, 0.3) is 22.0 Å². The molecule has 1 amide bonds. The summed E-state index contributed by atoms with van der Waals surface area (Å²) in [5.41, 5.74) is 1.55. The molecule has 2 aromatic carbocycles. The van der Waals surface area contributed by atoms with Gasteiger partial charge in [0.15, 0.2) is 6.61 Å². The molecule has 0 saturated heterocycles. The lowest BCUT2D eigenvalue weighted by molar-refractivity contribution is -0.123. The number of carbonyl (C=O) groups is 1. The fourth-order valence-corrected chi connectivity index (χ4v) is 3.19. The molecule has 0 radical (unpaired) electrons. The molecule has 2 heterocycles. The zero-order valence-corrected chi connectivity index (χ0v) is 15.8. The highest BCUT2D eigenvalue weighted by Gasteiger charge is 2.12. The Bertz CT molecular complexity index is 1060.